The van der Waals surface area contributed by atoms with E-state index in [1.54, 1.807) is 18.2 Å². The first-order chi connectivity index (χ1) is 7.99. The molecule has 5 heteroatoms. The normalized spacial score (nSPS) is 10.6. The Hall–Kier alpha value is -0.350. The zero-order valence-electron chi connectivity index (χ0n) is 8.76. The van der Waals surface area contributed by atoms with Gasteiger partial charge in [-0.05, 0) is 46.6 Å². The van der Waals surface area contributed by atoms with Crippen LogP contribution in [0.4, 0.5) is 0 Å². The number of hydrogen-bond donors (Lipinski definition) is 0. The van der Waals surface area contributed by atoms with E-state index in [0.29, 0.717) is 19.8 Å². The van der Waals surface area contributed by atoms with Gasteiger partial charge < -0.3 is 0 Å². The molecule has 1 nitrogen and oxygen atoms in total. The summed E-state index contributed by atoms with van der Waals surface area (Å²) in [7, 11) is 0. The van der Waals surface area contributed by atoms with Gasteiger partial charge in [0.2, 0.25) is 5.78 Å². The molecule has 0 radical (unpaired) electrons. The highest BCUT2D eigenvalue weighted by atomic mass is 79.9. The van der Waals surface area contributed by atoms with Crippen LogP contribution in [0, 0.1) is 6.92 Å². The van der Waals surface area contributed by atoms with Gasteiger partial charge >= 0.3 is 0 Å². The molecule has 0 aliphatic carbocycles. The highest BCUT2D eigenvalue weighted by Crippen LogP contribution is 2.33. The molecule has 0 N–H and O–H groups in total. The summed E-state index contributed by atoms with van der Waals surface area (Å²) in [6.45, 7) is 1.88. The molecular weight excluding hydrogens is 343 g/mol. The van der Waals surface area contributed by atoms with E-state index in [4.69, 9.17) is 23.2 Å². The van der Waals surface area contributed by atoms with Gasteiger partial charge in [-0.25, -0.2) is 0 Å². The van der Waals surface area contributed by atoms with Crippen molar-refractivity contribution in [2.75, 3.05) is 0 Å². The molecular formula is C12H7BrCl2OS. The number of ketones is 1. The highest BCUT2D eigenvalue weighted by molar-refractivity contribution is 9.10. The molecule has 0 saturated heterocycles. The third-order valence-corrected chi connectivity index (χ3v) is 5.02. The summed E-state index contributed by atoms with van der Waals surface area (Å²) in [4.78, 5) is 12.9. The third-order valence-electron chi connectivity index (χ3n) is 2.31. The van der Waals surface area contributed by atoms with Crippen molar-refractivity contribution in [3.63, 3.8) is 0 Å². The Morgan fingerprint density at radius 1 is 1.29 bits per heavy atom. The standard InChI is InChI=1S/C12H7BrCl2OS/c1-6-2-3-7(14)4-8(6)11(16)10-5-9(13)12(15)17-10/h2-5H,1H3. The minimum Gasteiger partial charge on any atom is -0.288 e. The molecule has 0 spiro atoms. The lowest BCUT2D eigenvalue weighted by atomic mass is 10.0. The van der Waals surface area contributed by atoms with Crippen molar-refractivity contribution < 1.29 is 4.79 Å². The van der Waals surface area contributed by atoms with E-state index in [-0.39, 0.29) is 5.78 Å². The van der Waals surface area contributed by atoms with Crippen LogP contribution in [0.1, 0.15) is 20.8 Å². The van der Waals surface area contributed by atoms with Crippen LogP contribution < -0.4 is 0 Å². The van der Waals surface area contributed by atoms with Crippen LogP contribution in [-0.4, -0.2) is 5.78 Å². The predicted molar refractivity (Wildman–Crippen MR) is 76.7 cm³/mol. The van der Waals surface area contributed by atoms with Crippen molar-refractivity contribution in [2.45, 2.75) is 6.92 Å². The summed E-state index contributed by atoms with van der Waals surface area (Å²) in [6.07, 6.45) is 0. The molecule has 0 amide bonds. The van der Waals surface area contributed by atoms with E-state index < -0.39 is 0 Å². The molecule has 0 aliphatic heterocycles. The number of halogens is 3. The Kier molecular flexibility index (Phi) is 3.93. The smallest absolute Gasteiger partial charge is 0.203 e. The van der Waals surface area contributed by atoms with Crippen LogP contribution in [-0.2, 0) is 0 Å². The summed E-state index contributed by atoms with van der Waals surface area (Å²) in [5, 5.41) is 0.556. The maximum absolute atomic E-state index is 12.3. The summed E-state index contributed by atoms with van der Waals surface area (Å²) in [5.41, 5.74) is 1.52. The Bertz CT molecular complexity index is 573. The van der Waals surface area contributed by atoms with Gasteiger partial charge in [0.1, 0.15) is 4.34 Å². The van der Waals surface area contributed by atoms with E-state index in [0.717, 1.165) is 10.0 Å². The van der Waals surface area contributed by atoms with E-state index in [2.05, 4.69) is 15.9 Å². The fraction of sp³-hybridized carbons (Fsp3) is 0.0833. The second-order valence-electron chi connectivity index (χ2n) is 3.52. The third kappa shape index (κ3) is 2.74. The van der Waals surface area contributed by atoms with Crippen LogP contribution in [0.2, 0.25) is 9.36 Å². The van der Waals surface area contributed by atoms with Crippen molar-refractivity contribution in [2.24, 2.45) is 0 Å². The summed E-state index contributed by atoms with van der Waals surface area (Å²) < 4.78 is 1.32. The minimum atomic E-state index is -0.0531. The van der Waals surface area contributed by atoms with Gasteiger partial charge in [0.25, 0.3) is 0 Å². The Labute approximate surface area is 121 Å². The first-order valence-electron chi connectivity index (χ1n) is 4.74. The fourth-order valence-electron chi connectivity index (χ4n) is 1.43. The topological polar surface area (TPSA) is 17.1 Å². The molecule has 2 rings (SSSR count). The average molecular weight is 350 g/mol. The minimum absolute atomic E-state index is 0.0531. The predicted octanol–water partition coefficient (Wildman–Crippen LogP) is 5.36. The van der Waals surface area contributed by atoms with Gasteiger partial charge in [-0.15, -0.1) is 11.3 Å². The second kappa shape index (κ2) is 5.11. The number of aryl methyl sites for hydroxylation is 1. The number of carbonyl (C=O) groups excluding carboxylic acids is 1. The molecule has 0 aliphatic rings. The van der Waals surface area contributed by atoms with Crippen LogP contribution in [0.25, 0.3) is 0 Å². The fourth-order valence-corrected chi connectivity index (χ4v) is 3.26. The summed E-state index contributed by atoms with van der Waals surface area (Å²) in [5.74, 6) is -0.0531. The Morgan fingerprint density at radius 2 is 2.00 bits per heavy atom. The van der Waals surface area contributed by atoms with Crippen molar-refractivity contribution in [1.29, 1.82) is 0 Å². The van der Waals surface area contributed by atoms with E-state index in [1.807, 2.05) is 13.0 Å². The summed E-state index contributed by atoms with van der Waals surface area (Å²) in [6, 6.07) is 7.02. The molecule has 88 valence electrons. The van der Waals surface area contributed by atoms with Gasteiger partial charge in [-0.2, -0.15) is 0 Å². The second-order valence-corrected chi connectivity index (χ2v) is 6.47. The molecule has 1 aromatic heterocycles. The van der Waals surface area contributed by atoms with Crippen LogP contribution in [0.5, 0.6) is 0 Å². The van der Waals surface area contributed by atoms with E-state index >= 15 is 0 Å². The number of carbonyl (C=O) groups is 1. The van der Waals surface area contributed by atoms with Crippen LogP contribution >= 0.6 is 50.5 Å². The van der Waals surface area contributed by atoms with Crippen molar-refractivity contribution in [1.82, 2.24) is 0 Å². The maximum atomic E-state index is 12.3. The van der Waals surface area contributed by atoms with Crippen LogP contribution in [0.3, 0.4) is 0 Å². The molecule has 0 atom stereocenters. The molecule has 0 unspecified atom stereocenters. The van der Waals surface area contributed by atoms with E-state index in [9.17, 15) is 4.79 Å². The largest absolute Gasteiger partial charge is 0.288 e. The van der Waals surface area contributed by atoms with Crippen LogP contribution in [0.15, 0.2) is 28.7 Å². The lowest BCUT2D eigenvalue weighted by molar-refractivity contribution is 0.104. The first kappa shape index (κ1) is 13.1. The van der Waals surface area contributed by atoms with Crippen molar-refractivity contribution in [3.8, 4) is 0 Å². The quantitative estimate of drug-likeness (QED) is 0.667. The number of thiophene rings is 1. The lowest BCUT2D eigenvalue weighted by Gasteiger charge is -2.03. The van der Waals surface area contributed by atoms with Crippen molar-refractivity contribution >= 4 is 56.3 Å². The SMILES string of the molecule is Cc1ccc(Cl)cc1C(=O)c1cc(Br)c(Cl)s1. The highest BCUT2D eigenvalue weighted by Gasteiger charge is 2.16. The van der Waals surface area contributed by atoms with Crippen molar-refractivity contribution in [3.05, 3.63) is 54.1 Å². The number of hydrogen-bond acceptors (Lipinski definition) is 2. The monoisotopic (exact) mass is 348 g/mol. The molecule has 2 aromatic rings. The van der Waals surface area contributed by atoms with Gasteiger partial charge in [0, 0.05) is 15.1 Å². The molecule has 0 bridgehead atoms. The number of benzene rings is 1. The Balaban J connectivity index is 2.47. The average Bonchev–Trinajstić information content (AvgIpc) is 2.62. The summed E-state index contributed by atoms with van der Waals surface area (Å²) >= 11 is 16.4. The number of rotatable bonds is 2. The molecule has 0 saturated carbocycles. The molecule has 1 aromatic carbocycles. The molecule has 1 heterocycles. The van der Waals surface area contributed by atoms with Gasteiger partial charge in [-0.1, -0.05) is 29.3 Å². The maximum Gasteiger partial charge on any atom is 0.203 e. The van der Waals surface area contributed by atoms with Gasteiger partial charge in [-0.3, -0.25) is 4.79 Å². The van der Waals surface area contributed by atoms with E-state index in [1.165, 1.54) is 11.3 Å². The Morgan fingerprint density at radius 3 is 2.59 bits per heavy atom. The molecule has 0 fully saturated rings. The zero-order chi connectivity index (χ0) is 12.6. The lowest BCUT2D eigenvalue weighted by Crippen LogP contribution is -2.01. The molecule has 17 heavy (non-hydrogen) atoms. The van der Waals surface area contributed by atoms with Gasteiger partial charge in [0.05, 0.1) is 4.88 Å². The first-order valence-corrected chi connectivity index (χ1v) is 7.11. The van der Waals surface area contributed by atoms with Gasteiger partial charge in [0.15, 0.2) is 0 Å². The zero-order valence-corrected chi connectivity index (χ0v) is 12.7.